The molecule has 0 aliphatic carbocycles. The van der Waals surface area contributed by atoms with Gasteiger partial charge >= 0.3 is 0 Å². The van der Waals surface area contributed by atoms with Crippen LogP contribution in [0.2, 0.25) is 0 Å². The first-order valence-corrected chi connectivity index (χ1v) is 9.89. The van der Waals surface area contributed by atoms with E-state index in [4.69, 9.17) is 0 Å². The molecule has 10 heteroatoms. The molecule has 0 atom stereocenters. The van der Waals surface area contributed by atoms with Crippen molar-refractivity contribution in [3.8, 4) is 0 Å². The SMILES string of the molecule is CCNC(=NCCS(=O)(=O)N(CC)CC)N(C)Cc1cnn(C)c1.I. The Kier molecular flexibility index (Phi) is 11.3. The number of halogens is 1. The number of hydrogen-bond acceptors (Lipinski definition) is 4. The summed E-state index contributed by atoms with van der Waals surface area (Å²) in [6.07, 6.45) is 3.76. The average molecular weight is 486 g/mol. The van der Waals surface area contributed by atoms with Crippen LogP contribution in [0.5, 0.6) is 0 Å². The molecule has 1 aromatic rings. The summed E-state index contributed by atoms with van der Waals surface area (Å²) >= 11 is 0. The van der Waals surface area contributed by atoms with Gasteiger partial charge in [0, 0.05) is 52.0 Å². The third-order valence-electron chi connectivity index (χ3n) is 3.58. The molecule has 0 aliphatic heterocycles. The monoisotopic (exact) mass is 486 g/mol. The van der Waals surface area contributed by atoms with E-state index in [9.17, 15) is 8.42 Å². The van der Waals surface area contributed by atoms with Gasteiger partial charge in [0.25, 0.3) is 0 Å². The summed E-state index contributed by atoms with van der Waals surface area (Å²) in [7, 11) is 0.552. The van der Waals surface area contributed by atoms with E-state index in [2.05, 4.69) is 15.4 Å². The molecule has 0 amide bonds. The molecule has 0 radical (unpaired) electrons. The van der Waals surface area contributed by atoms with Gasteiger partial charge in [-0.15, -0.1) is 24.0 Å². The summed E-state index contributed by atoms with van der Waals surface area (Å²) in [6.45, 7) is 8.26. The van der Waals surface area contributed by atoms with Crippen LogP contribution in [0, 0.1) is 0 Å². The maximum atomic E-state index is 12.2. The van der Waals surface area contributed by atoms with Crippen molar-refractivity contribution in [1.82, 2.24) is 24.3 Å². The predicted octanol–water partition coefficient (Wildman–Crippen LogP) is 1.11. The molecule has 146 valence electrons. The van der Waals surface area contributed by atoms with E-state index >= 15 is 0 Å². The highest BCUT2D eigenvalue weighted by Gasteiger charge is 2.18. The number of aliphatic imine (C=N–C) groups is 1. The number of aryl methyl sites for hydroxylation is 1. The lowest BCUT2D eigenvalue weighted by Crippen LogP contribution is -2.39. The van der Waals surface area contributed by atoms with Crippen LogP contribution in [0.4, 0.5) is 0 Å². The Balaban J connectivity index is 0.00000576. The predicted molar refractivity (Wildman–Crippen MR) is 113 cm³/mol. The largest absolute Gasteiger partial charge is 0.357 e. The first kappa shape index (κ1) is 24.1. The lowest BCUT2D eigenvalue weighted by Gasteiger charge is -2.22. The van der Waals surface area contributed by atoms with Crippen LogP contribution in [0.15, 0.2) is 17.4 Å². The van der Waals surface area contributed by atoms with Gasteiger partial charge in [-0.25, -0.2) is 12.7 Å². The number of nitrogens with zero attached hydrogens (tertiary/aromatic N) is 5. The third kappa shape index (κ3) is 7.90. The Morgan fingerprint density at radius 2 is 1.96 bits per heavy atom. The van der Waals surface area contributed by atoms with E-state index in [1.165, 1.54) is 4.31 Å². The first-order valence-electron chi connectivity index (χ1n) is 8.28. The molecule has 1 rings (SSSR count). The highest BCUT2D eigenvalue weighted by Crippen LogP contribution is 2.03. The van der Waals surface area contributed by atoms with Gasteiger partial charge in [0.05, 0.1) is 18.5 Å². The van der Waals surface area contributed by atoms with Gasteiger partial charge in [-0.2, -0.15) is 5.10 Å². The van der Waals surface area contributed by atoms with Crippen molar-refractivity contribution >= 4 is 40.0 Å². The molecule has 0 bridgehead atoms. The number of rotatable bonds is 9. The molecule has 25 heavy (non-hydrogen) atoms. The molecule has 1 aromatic heterocycles. The molecule has 0 fully saturated rings. The van der Waals surface area contributed by atoms with Gasteiger partial charge < -0.3 is 10.2 Å². The Bertz CT molecular complexity index is 628. The number of sulfonamides is 1. The van der Waals surface area contributed by atoms with Gasteiger partial charge in [0.15, 0.2) is 5.96 Å². The summed E-state index contributed by atoms with van der Waals surface area (Å²) < 4.78 is 27.6. The highest BCUT2D eigenvalue weighted by molar-refractivity contribution is 14.0. The third-order valence-corrected chi connectivity index (χ3v) is 5.59. The number of aromatic nitrogens is 2. The molecule has 0 saturated heterocycles. The highest BCUT2D eigenvalue weighted by atomic mass is 127. The first-order chi connectivity index (χ1) is 11.3. The van der Waals surface area contributed by atoms with E-state index < -0.39 is 10.0 Å². The van der Waals surface area contributed by atoms with E-state index in [1.807, 2.05) is 52.2 Å². The lowest BCUT2D eigenvalue weighted by molar-refractivity contribution is 0.445. The zero-order valence-corrected chi connectivity index (χ0v) is 18.9. The fourth-order valence-electron chi connectivity index (χ4n) is 2.38. The van der Waals surface area contributed by atoms with Crippen LogP contribution in [-0.4, -0.2) is 72.3 Å². The Hall–Kier alpha value is -0.880. The molecule has 0 spiro atoms. The maximum absolute atomic E-state index is 12.2. The second-order valence-corrected chi connectivity index (χ2v) is 7.60. The minimum atomic E-state index is -3.25. The lowest BCUT2D eigenvalue weighted by atomic mass is 10.3. The van der Waals surface area contributed by atoms with Crippen molar-refractivity contribution in [2.75, 3.05) is 39.0 Å². The van der Waals surface area contributed by atoms with Crippen molar-refractivity contribution in [3.63, 3.8) is 0 Å². The summed E-state index contributed by atoms with van der Waals surface area (Å²) in [5.41, 5.74) is 1.07. The molecule has 1 N–H and O–H groups in total. The minimum Gasteiger partial charge on any atom is -0.357 e. The van der Waals surface area contributed by atoms with Gasteiger partial charge in [-0.05, 0) is 6.92 Å². The maximum Gasteiger partial charge on any atom is 0.215 e. The minimum absolute atomic E-state index is 0. The quantitative estimate of drug-likeness (QED) is 0.321. The van der Waals surface area contributed by atoms with Crippen molar-refractivity contribution < 1.29 is 8.42 Å². The fraction of sp³-hybridized carbons (Fsp3) is 0.733. The van der Waals surface area contributed by atoms with E-state index in [1.54, 1.807) is 4.68 Å². The molecule has 0 unspecified atom stereocenters. The Morgan fingerprint density at radius 3 is 2.44 bits per heavy atom. The van der Waals surface area contributed by atoms with Crippen LogP contribution in [0.1, 0.15) is 26.3 Å². The van der Waals surface area contributed by atoms with Crippen molar-refractivity contribution in [1.29, 1.82) is 0 Å². The van der Waals surface area contributed by atoms with E-state index in [0.29, 0.717) is 25.6 Å². The summed E-state index contributed by atoms with van der Waals surface area (Å²) in [6, 6.07) is 0. The van der Waals surface area contributed by atoms with Crippen LogP contribution in [-0.2, 0) is 23.6 Å². The van der Waals surface area contributed by atoms with Gasteiger partial charge in [0.1, 0.15) is 0 Å². The molecular formula is C15H31IN6O2S. The van der Waals surface area contributed by atoms with Crippen LogP contribution >= 0.6 is 24.0 Å². The van der Waals surface area contributed by atoms with Crippen LogP contribution in [0.3, 0.4) is 0 Å². The zero-order valence-electron chi connectivity index (χ0n) is 15.8. The number of guanidine groups is 1. The van der Waals surface area contributed by atoms with Crippen LogP contribution in [0.25, 0.3) is 0 Å². The average Bonchev–Trinajstić information content (AvgIpc) is 2.92. The van der Waals surface area contributed by atoms with Gasteiger partial charge in [0.2, 0.25) is 10.0 Å². The standard InChI is InChI=1S/C15H30N6O2S.HI/c1-6-16-15(19(4)12-14-11-18-20(5)13-14)17-9-10-24(22,23)21(7-2)8-3;/h11,13H,6-10,12H2,1-5H3,(H,16,17);1H. The Labute approximate surface area is 168 Å². The summed E-state index contributed by atoms with van der Waals surface area (Å²) in [5.74, 6) is 0.709. The molecule has 1 heterocycles. The van der Waals surface area contributed by atoms with Gasteiger partial charge in [-0.3, -0.25) is 9.67 Å². The fourth-order valence-corrected chi connectivity index (χ4v) is 3.75. The second-order valence-electron chi connectivity index (χ2n) is 5.51. The number of nitrogens with one attached hydrogen (secondary N) is 1. The molecule has 0 aliphatic rings. The smallest absolute Gasteiger partial charge is 0.215 e. The summed E-state index contributed by atoms with van der Waals surface area (Å²) in [4.78, 5) is 6.41. The molecule has 8 nitrogen and oxygen atoms in total. The molecular weight excluding hydrogens is 455 g/mol. The molecule has 0 saturated carbocycles. The van der Waals surface area contributed by atoms with Crippen molar-refractivity contribution in [3.05, 3.63) is 18.0 Å². The number of hydrogen-bond donors (Lipinski definition) is 1. The summed E-state index contributed by atoms with van der Waals surface area (Å²) in [5, 5.41) is 7.35. The van der Waals surface area contributed by atoms with E-state index in [0.717, 1.165) is 12.1 Å². The normalized spacial score (nSPS) is 12.2. The second kappa shape index (κ2) is 11.7. The Morgan fingerprint density at radius 1 is 1.32 bits per heavy atom. The van der Waals surface area contributed by atoms with Gasteiger partial charge in [-0.1, -0.05) is 13.8 Å². The molecule has 0 aromatic carbocycles. The topological polar surface area (TPSA) is 82.8 Å². The van der Waals surface area contributed by atoms with Crippen molar-refractivity contribution in [2.24, 2.45) is 12.0 Å². The van der Waals surface area contributed by atoms with E-state index in [-0.39, 0.29) is 36.3 Å². The van der Waals surface area contributed by atoms with Crippen LogP contribution < -0.4 is 5.32 Å². The van der Waals surface area contributed by atoms with Crippen molar-refractivity contribution in [2.45, 2.75) is 27.3 Å². The zero-order chi connectivity index (χ0) is 18.2.